The summed E-state index contributed by atoms with van der Waals surface area (Å²) in [5.41, 5.74) is 0.590. The Balaban J connectivity index is 2.08. The normalized spacial score (nSPS) is 16.7. The third-order valence-electron chi connectivity index (χ3n) is 2.64. The summed E-state index contributed by atoms with van der Waals surface area (Å²) in [6.07, 6.45) is 5.34. The van der Waals surface area contributed by atoms with Crippen LogP contribution in [0.2, 0.25) is 0 Å². The second-order valence-electron chi connectivity index (χ2n) is 3.72. The first kappa shape index (κ1) is 10.7. The molecular weight excluding hydrogens is 258 g/mol. The molecule has 4 nitrogen and oxygen atoms in total. The Bertz CT molecular complexity index is 344. The van der Waals surface area contributed by atoms with Crippen LogP contribution in [-0.4, -0.2) is 34.2 Å². The summed E-state index contributed by atoms with van der Waals surface area (Å²) in [6, 6.07) is 0. The van der Waals surface area contributed by atoms with Crippen molar-refractivity contribution < 1.29 is 4.79 Å². The van der Waals surface area contributed by atoms with Crippen LogP contribution in [0.15, 0.2) is 6.20 Å². The van der Waals surface area contributed by atoms with Gasteiger partial charge in [-0.05, 0) is 19.3 Å². The zero-order valence-electron chi connectivity index (χ0n) is 8.50. The molecule has 0 atom stereocenters. The van der Waals surface area contributed by atoms with E-state index in [2.05, 4.69) is 30.8 Å². The molecule has 0 bridgehead atoms. The molecule has 1 fully saturated rings. The smallest absolute Gasteiger partial charge is 0.203 e. The molecule has 1 aliphatic rings. The van der Waals surface area contributed by atoms with Gasteiger partial charge in [0.15, 0.2) is 5.78 Å². The molecule has 1 saturated heterocycles. The van der Waals surface area contributed by atoms with Crippen molar-refractivity contribution in [3.63, 3.8) is 0 Å². The van der Waals surface area contributed by atoms with Crippen LogP contribution in [0.1, 0.15) is 29.8 Å². The Morgan fingerprint density at radius 3 is 2.87 bits per heavy atom. The van der Waals surface area contributed by atoms with Crippen LogP contribution in [-0.2, 0) is 0 Å². The second-order valence-corrected chi connectivity index (χ2v) is 4.29. The van der Waals surface area contributed by atoms with Crippen LogP contribution in [0.25, 0.3) is 0 Å². The standard InChI is InChI=1S/C10H14BrN3O/c11-6-9(15)8-7-12-10(13-8)14-4-2-1-3-5-14/h7H,1-6H2,(H,12,13). The first-order valence-electron chi connectivity index (χ1n) is 5.20. The number of ketones is 1. The van der Waals surface area contributed by atoms with Gasteiger partial charge in [0.1, 0.15) is 5.69 Å². The van der Waals surface area contributed by atoms with Crippen molar-refractivity contribution in [1.29, 1.82) is 0 Å². The summed E-state index contributed by atoms with van der Waals surface area (Å²) < 4.78 is 0. The maximum atomic E-state index is 11.4. The van der Waals surface area contributed by atoms with Gasteiger partial charge in [0.2, 0.25) is 5.95 Å². The van der Waals surface area contributed by atoms with E-state index >= 15 is 0 Å². The van der Waals surface area contributed by atoms with Gasteiger partial charge in [-0.25, -0.2) is 4.98 Å². The highest BCUT2D eigenvalue weighted by atomic mass is 79.9. The summed E-state index contributed by atoms with van der Waals surface area (Å²) in [6.45, 7) is 2.07. The monoisotopic (exact) mass is 271 g/mol. The minimum atomic E-state index is 0.0470. The van der Waals surface area contributed by atoms with Crippen LogP contribution >= 0.6 is 15.9 Å². The highest BCUT2D eigenvalue weighted by Gasteiger charge is 2.15. The quantitative estimate of drug-likeness (QED) is 0.676. The van der Waals surface area contributed by atoms with Crippen molar-refractivity contribution in [2.75, 3.05) is 23.3 Å². The van der Waals surface area contributed by atoms with Gasteiger partial charge in [0.25, 0.3) is 0 Å². The van der Waals surface area contributed by atoms with Crippen molar-refractivity contribution in [2.24, 2.45) is 0 Å². The van der Waals surface area contributed by atoms with Gasteiger partial charge in [-0.2, -0.15) is 0 Å². The number of Topliss-reactive ketones (excluding diaryl/α,β-unsaturated/α-hetero) is 1. The Morgan fingerprint density at radius 1 is 1.47 bits per heavy atom. The number of alkyl halides is 1. The summed E-state index contributed by atoms with van der Waals surface area (Å²) in [5.74, 6) is 0.879. The molecule has 1 aliphatic heterocycles. The number of hydrogen-bond donors (Lipinski definition) is 1. The molecule has 82 valence electrons. The number of piperidine rings is 1. The minimum absolute atomic E-state index is 0.0470. The highest BCUT2D eigenvalue weighted by molar-refractivity contribution is 9.09. The van der Waals surface area contributed by atoms with E-state index in [-0.39, 0.29) is 5.78 Å². The molecule has 0 spiro atoms. The molecule has 2 rings (SSSR count). The maximum Gasteiger partial charge on any atom is 0.203 e. The lowest BCUT2D eigenvalue weighted by Gasteiger charge is -2.25. The number of hydrogen-bond acceptors (Lipinski definition) is 3. The van der Waals surface area contributed by atoms with E-state index < -0.39 is 0 Å². The lowest BCUT2D eigenvalue weighted by atomic mass is 10.1. The molecule has 1 aromatic heterocycles. The molecule has 1 N–H and O–H groups in total. The van der Waals surface area contributed by atoms with E-state index in [4.69, 9.17) is 0 Å². The molecule has 1 aromatic rings. The van der Waals surface area contributed by atoms with E-state index in [1.807, 2.05) is 0 Å². The van der Waals surface area contributed by atoms with Gasteiger partial charge in [-0.3, -0.25) is 4.79 Å². The van der Waals surface area contributed by atoms with E-state index in [0.717, 1.165) is 19.0 Å². The number of nitrogens with one attached hydrogen (secondary N) is 1. The number of nitrogens with zero attached hydrogens (tertiary/aromatic N) is 2. The van der Waals surface area contributed by atoms with Crippen molar-refractivity contribution in [1.82, 2.24) is 9.97 Å². The summed E-state index contributed by atoms with van der Waals surface area (Å²) in [7, 11) is 0. The topological polar surface area (TPSA) is 49.0 Å². The van der Waals surface area contributed by atoms with Crippen molar-refractivity contribution in [3.05, 3.63) is 11.9 Å². The summed E-state index contributed by atoms with van der Waals surface area (Å²) in [5, 5.41) is 0.342. The summed E-state index contributed by atoms with van der Waals surface area (Å²) in [4.78, 5) is 20.9. The fourth-order valence-corrected chi connectivity index (χ4v) is 2.09. The SMILES string of the molecule is O=C(CBr)c1cnc(N2CCCCC2)[nH]1. The predicted octanol–water partition coefficient (Wildman–Crippen LogP) is 1.98. The van der Waals surface area contributed by atoms with E-state index in [1.54, 1.807) is 6.20 Å². The molecular formula is C10H14BrN3O. The second kappa shape index (κ2) is 4.79. The van der Waals surface area contributed by atoms with Crippen LogP contribution in [0, 0.1) is 0 Å². The minimum Gasteiger partial charge on any atom is -0.342 e. The van der Waals surface area contributed by atoms with Crippen LogP contribution in [0.3, 0.4) is 0 Å². The first-order valence-corrected chi connectivity index (χ1v) is 6.32. The van der Waals surface area contributed by atoms with Crippen molar-refractivity contribution >= 4 is 27.7 Å². The molecule has 5 heteroatoms. The number of carbonyl (C=O) groups excluding carboxylic acids is 1. The van der Waals surface area contributed by atoms with Crippen molar-refractivity contribution in [3.8, 4) is 0 Å². The number of anilines is 1. The number of rotatable bonds is 3. The Hall–Kier alpha value is -0.840. The Morgan fingerprint density at radius 2 is 2.20 bits per heavy atom. The van der Waals surface area contributed by atoms with Crippen LogP contribution in [0.4, 0.5) is 5.95 Å². The third-order valence-corrected chi connectivity index (χ3v) is 3.15. The average molecular weight is 272 g/mol. The van der Waals surface area contributed by atoms with Gasteiger partial charge in [-0.1, -0.05) is 15.9 Å². The van der Waals surface area contributed by atoms with Gasteiger partial charge in [-0.15, -0.1) is 0 Å². The number of imidazole rings is 1. The largest absolute Gasteiger partial charge is 0.342 e. The Labute approximate surface area is 97.2 Å². The van der Waals surface area contributed by atoms with Gasteiger partial charge in [0, 0.05) is 13.1 Å². The highest BCUT2D eigenvalue weighted by Crippen LogP contribution is 2.16. The van der Waals surface area contributed by atoms with Gasteiger partial charge < -0.3 is 9.88 Å². The molecule has 15 heavy (non-hydrogen) atoms. The third kappa shape index (κ3) is 2.40. The molecule has 0 aromatic carbocycles. The predicted molar refractivity (Wildman–Crippen MR) is 62.8 cm³/mol. The number of aromatic amines is 1. The number of aromatic nitrogens is 2. The zero-order valence-corrected chi connectivity index (χ0v) is 10.1. The van der Waals surface area contributed by atoms with E-state index in [0.29, 0.717) is 11.0 Å². The maximum absolute atomic E-state index is 11.4. The van der Waals surface area contributed by atoms with Crippen LogP contribution in [0.5, 0.6) is 0 Å². The zero-order chi connectivity index (χ0) is 10.7. The number of halogens is 1. The fourth-order valence-electron chi connectivity index (χ4n) is 1.79. The molecule has 0 radical (unpaired) electrons. The lowest BCUT2D eigenvalue weighted by Crippen LogP contribution is -2.30. The molecule has 2 heterocycles. The summed E-state index contributed by atoms with van der Waals surface area (Å²) >= 11 is 3.15. The molecule has 0 saturated carbocycles. The van der Waals surface area contributed by atoms with E-state index in [1.165, 1.54) is 19.3 Å². The van der Waals surface area contributed by atoms with Gasteiger partial charge >= 0.3 is 0 Å². The Kier molecular flexibility index (Phi) is 3.41. The number of H-pyrrole nitrogens is 1. The lowest BCUT2D eigenvalue weighted by molar-refractivity contribution is 0.101. The van der Waals surface area contributed by atoms with Gasteiger partial charge in [0.05, 0.1) is 11.5 Å². The average Bonchev–Trinajstić information content (AvgIpc) is 2.78. The van der Waals surface area contributed by atoms with E-state index in [9.17, 15) is 4.79 Å². The number of carbonyl (C=O) groups is 1. The van der Waals surface area contributed by atoms with Crippen molar-refractivity contribution in [2.45, 2.75) is 19.3 Å². The molecule has 0 amide bonds. The van der Waals surface area contributed by atoms with Crippen LogP contribution < -0.4 is 4.90 Å². The molecule has 0 unspecified atom stereocenters. The fraction of sp³-hybridized carbons (Fsp3) is 0.600. The first-order chi connectivity index (χ1) is 7.31. The molecule has 0 aliphatic carbocycles.